The fraction of sp³-hybridized carbons (Fsp3) is 0.333. The van der Waals surface area contributed by atoms with E-state index in [2.05, 4.69) is 5.32 Å². The van der Waals surface area contributed by atoms with Gasteiger partial charge in [-0.25, -0.2) is 8.78 Å². The number of carbonyl (C=O) groups excluding carboxylic acids is 2. The summed E-state index contributed by atoms with van der Waals surface area (Å²) < 4.78 is 59.9. The summed E-state index contributed by atoms with van der Waals surface area (Å²) >= 11 is 0. The number of hydrogen-bond donors (Lipinski definition) is 1. The van der Waals surface area contributed by atoms with Crippen LogP contribution in [0.3, 0.4) is 0 Å². The Morgan fingerprint density at radius 1 is 0.816 bits per heavy atom. The summed E-state index contributed by atoms with van der Waals surface area (Å²) in [6, 6.07) is 27.0. The third kappa shape index (κ3) is 7.60. The lowest BCUT2D eigenvalue weighted by molar-refractivity contribution is -0.157. The van der Waals surface area contributed by atoms with Gasteiger partial charge in [-0.15, -0.1) is 0 Å². The maximum Gasteiger partial charge on any atom is 0.306 e. The highest BCUT2D eigenvalue weighted by atomic mass is 19.1. The van der Waals surface area contributed by atoms with Crippen molar-refractivity contribution in [1.82, 2.24) is 5.32 Å². The Morgan fingerprint density at radius 3 is 1.94 bits per heavy atom. The minimum absolute atomic E-state index is 0.0558. The molecule has 0 bridgehead atoms. The topological polar surface area (TPSA) is 92.3 Å². The molecule has 1 N–H and O–H groups in total. The monoisotopic (exact) mass is 673 g/mol. The molecule has 4 aromatic carbocycles. The van der Waals surface area contributed by atoms with Gasteiger partial charge >= 0.3 is 5.97 Å². The Hall–Kier alpha value is -4.80. The molecule has 49 heavy (non-hydrogen) atoms. The molecule has 5 rings (SSSR count). The van der Waals surface area contributed by atoms with Crippen molar-refractivity contribution in [3.05, 3.63) is 130 Å². The standard InChI is InChI=1S/C39H41F2NO7/c1-24-21-31(33(41)22-32(24)40)37-25(2)38(49-36(44)20-19-35(43)42-3)34(48-37)23-47-39(26-9-7-6-8-10-26,27-11-15-29(45-4)16-12-27)28-13-17-30(46-5)18-14-28/h6-18,21-22,25,34,37-38H,19-20,23H2,1-5H3,(H,42,43)/t25-,34-,37-,38?/m1/s1. The summed E-state index contributed by atoms with van der Waals surface area (Å²) in [5, 5.41) is 2.49. The molecular weight excluding hydrogens is 632 g/mol. The van der Waals surface area contributed by atoms with E-state index in [-0.39, 0.29) is 36.5 Å². The number of esters is 1. The first-order chi connectivity index (χ1) is 23.6. The van der Waals surface area contributed by atoms with Crippen LogP contribution in [0.1, 0.15) is 53.7 Å². The molecule has 0 aliphatic carbocycles. The molecule has 1 fully saturated rings. The molecule has 10 heteroatoms. The molecule has 0 radical (unpaired) electrons. The van der Waals surface area contributed by atoms with E-state index in [1.54, 1.807) is 28.1 Å². The predicted molar refractivity (Wildman–Crippen MR) is 179 cm³/mol. The van der Waals surface area contributed by atoms with Gasteiger partial charge in [0, 0.05) is 31.0 Å². The van der Waals surface area contributed by atoms with Gasteiger partial charge in [0.15, 0.2) is 0 Å². The van der Waals surface area contributed by atoms with Crippen LogP contribution in [0.25, 0.3) is 0 Å². The molecule has 4 aromatic rings. The molecule has 0 spiro atoms. The van der Waals surface area contributed by atoms with Crippen LogP contribution in [0, 0.1) is 24.5 Å². The van der Waals surface area contributed by atoms with Gasteiger partial charge in [0.2, 0.25) is 5.91 Å². The smallest absolute Gasteiger partial charge is 0.306 e. The van der Waals surface area contributed by atoms with Crippen LogP contribution in [0.2, 0.25) is 0 Å². The van der Waals surface area contributed by atoms with E-state index >= 15 is 4.39 Å². The highest BCUT2D eigenvalue weighted by Crippen LogP contribution is 2.45. The van der Waals surface area contributed by atoms with Crippen LogP contribution in [-0.2, 0) is 29.4 Å². The quantitative estimate of drug-likeness (QED) is 0.123. The van der Waals surface area contributed by atoms with Gasteiger partial charge in [-0.2, -0.15) is 0 Å². The van der Waals surface area contributed by atoms with Gasteiger partial charge in [-0.05, 0) is 59.5 Å². The summed E-state index contributed by atoms with van der Waals surface area (Å²) in [4.78, 5) is 24.9. The number of rotatable bonds is 13. The summed E-state index contributed by atoms with van der Waals surface area (Å²) in [6.45, 7) is 3.24. The zero-order valence-electron chi connectivity index (χ0n) is 28.2. The zero-order chi connectivity index (χ0) is 35.1. The minimum atomic E-state index is -1.20. The summed E-state index contributed by atoms with van der Waals surface area (Å²) in [7, 11) is 4.67. The first kappa shape index (κ1) is 35.5. The zero-order valence-corrected chi connectivity index (χ0v) is 28.2. The highest BCUT2D eigenvalue weighted by molar-refractivity contribution is 5.81. The lowest BCUT2D eigenvalue weighted by Crippen LogP contribution is -2.40. The average Bonchev–Trinajstić information content (AvgIpc) is 3.43. The Labute approximate surface area is 285 Å². The number of ether oxygens (including phenoxy) is 5. The summed E-state index contributed by atoms with van der Waals surface area (Å²) in [6.07, 6.45) is -2.84. The van der Waals surface area contributed by atoms with Crippen LogP contribution in [-0.4, -0.2) is 52.0 Å². The second kappa shape index (κ2) is 15.6. The number of nitrogens with one attached hydrogen (secondary N) is 1. The Morgan fingerprint density at radius 2 is 1.39 bits per heavy atom. The number of methoxy groups -OCH3 is 2. The summed E-state index contributed by atoms with van der Waals surface area (Å²) in [5.74, 6) is -1.57. The normalized spacial score (nSPS) is 18.9. The Balaban J connectivity index is 1.57. The van der Waals surface area contributed by atoms with Crippen molar-refractivity contribution in [3.63, 3.8) is 0 Å². The Kier molecular flexibility index (Phi) is 11.3. The van der Waals surface area contributed by atoms with Crippen LogP contribution >= 0.6 is 0 Å². The fourth-order valence-corrected chi connectivity index (χ4v) is 6.30. The van der Waals surface area contributed by atoms with Crippen molar-refractivity contribution < 1.29 is 42.1 Å². The maximum atomic E-state index is 15.3. The third-order valence-corrected chi connectivity index (χ3v) is 9.01. The first-order valence-corrected chi connectivity index (χ1v) is 16.1. The number of benzene rings is 4. The molecule has 1 heterocycles. The molecular formula is C39H41F2NO7. The number of hydrogen-bond acceptors (Lipinski definition) is 7. The summed E-state index contributed by atoms with van der Waals surface area (Å²) in [5.41, 5.74) is 1.59. The van der Waals surface area contributed by atoms with Crippen molar-refractivity contribution in [2.75, 3.05) is 27.9 Å². The van der Waals surface area contributed by atoms with Crippen molar-refractivity contribution in [2.24, 2.45) is 5.92 Å². The molecule has 1 aliphatic rings. The number of amides is 1. The van der Waals surface area contributed by atoms with E-state index < -0.39 is 47.4 Å². The van der Waals surface area contributed by atoms with Gasteiger partial charge in [0.1, 0.15) is 40.9 Å². The molecule has 1 aliphatic heterocycles. The second-order valence-electron chi connectivity index (χ2n) is 12.0. The highest BCUT2D eigenvalue weighted by Gasteiger charge is 2.48. The number of aryl methyl sites for hydroxylation is 1. The molecule has 1 saturated heterocycles. The predicted octanol–water partition coefficient (Wildman–Crippen LogP) is 6.81. The van der Waals surface area contributed by atoms with Gasteiger partial charge in [-0.3, -0.25) is 9.59 Å². The lowest BCUT2D eigenvalue weighted by atomic mass is 9.80. The first-order valence-electron chi connectivity index (χ1n) is 16.1. The van der Waals surface area contributed by atoms with Gasteiger partial charge < -0.3 is 29.0 Å². The van der Waals surface area contributed by atoms with E-state index in [1.165, 1.54) is 13.1 Å². The maximum absolute atomic E-state index is 15.3. The van der Waals surface area contributed by atoms with Crippen LogP contribution in [0.4, 0.5) is 8.78 Å². The molecule has 1 amide bonds. The molecule has 8 nitrogen and oxygen atoms in total. The van der Waals surface area contributed by atoms with E-state index in [0.29, 0.717) is 11.5 Å². The molecule has 258 valence electrons. The van der Waals surface area contributed by atoms with Crippen molar-refractivity contribution in [1.29, 1.82) is 0 Å². The second-order valence-corrected chi connectivity index (χ2v) is 12.0. The minimum Gasteiger partial charge on any atom is -0.497 e. The lowest BCUT2D eigenvalue weighted by Gasteiger charge is -2.37. The van der Waals surface area contributed by atoms with Gasteiger partial charge in [0.05, 0.1) is 33.4 Å². The van der Waals surface area contributed by atoms with E-state index in [0.717, 1.165) is 22.8 Å². The van der Waals surface area contributed by atoms with Crippen LogP contribution < -0.4 is 14.8 Å². The number of carbonyl (C=O) groups is 2. The fourth-order valence-electron chi connectivity index (χ4n) is 6.30. The average molecular weight is 674 g/mol. The van der Waals surface area contributed by atoms with Crippen molar-refractivity contribution >= 4 is 11.9 Å². The van der Waals surface area contributed by atoms with Crippen LogP contribution in [0.15, 0.2) is 91.0 Å². The number of halogens is 2. The van der Waals surface area contributed by atoms with E-state index in [9.17, 15) is 14.0 Å². The van der Waals surface area contributed by atoms with E-state index in [4.69, 9.17) is 23.7 Å². The van der Waals surface area contributed by atoms with Gasteiger partial charge in [0.25, 0.3) is 0 Å². The van der Waals surface area contributed by atoms with Crippen molar-refractivity contribution in [2.45, 2.75) is 50.6 Å². The van der Waals surface area contributed by atoms with E-state index in [1.807, 2.05) is 78.9 Å². The molecule has 4 atom stereocenters. The largest absolute Gasteiger partial charge is 0.497 e. The molecule has 0 aromatic heterocycles. The van der Waals surface area contributed by atoms with Crippen LogP contribution in [0.5, 0.6) is 11.5 Å². The SMILES string of the molecule is CNC(=O)CCC(=O)OC1[C@@H](COC(c2ccccc2)(c2ccc(OC)cc2)c2ccc(OC)cc2)O[C@@H](c2cc(C)c(F)cc2F)[C@H]1C. The van der Waals surface area contributed by atoms with Gasteiger partial charge in [-0.1, -0.05) is 61.5 Å². The van der Waals surface area contributed by atoms with Crippen molar-refractivity contribution in [3.8, 4) is 11.5 Å². The molecule has 0 saturated carbocycles. The third-order valence-electron chi connectivity index (χ3n) is 9.01. The Bertz CT molecular complexity index is 1680. The molecule has 1 unspecified atom stereocenters.